The van der Waals surface area contributed by atoms with Gasteiger partial charge in [-0.05, 0) is 84.8 Å². The zero-order chi connectivity index (χ0) is 37.9. The van der Waals surface area contributed by atoms with Crippen LogP contribution in [0.1, 0.15) is 36.0 Å². The molecule has 13 nitrogen and oxygen atoms in total. The molecule has 0 aromatic heterocycles. The standard InChI is InChI=1S/C40H43N3O10S/c44-26-8-11-31-35(22-26)53-36-23-27(45)9-12-32(36)37(31)30-10-7-25(21-33(30)38(46)47)43-39(54)41-13-15-49-17-19-51-20-18-50-16-14-42-40(48)52-24-34-28-5-3-1-2-4-6-29(28)34/h7-12,21-23,28-29,34,44H,3-6,13-20,24H2,(H,42,48)(H,46,47)(H2,41,43,54)/t28-,29+,34?. The maximum absolute atomic E-state index is 12.5. The Morgan fingerprint density at radius 3 is 2.20 bits per heavy atom. The van der Waals surface area contributed by atoms with E-state index in [2.05, 4.69) is 27.8 Å². The van der Waals surface area contributed by atoms with E-state index in [0.717, 1.165) is 25.7 Å². The minimum atomic E-state index is -1.16. The van der Waals surface area contributed by atoms with Crippen molar-refractivity contribution in [3.8, 4) is 40.0 Å². The largest absolute Gasteiger partial charge is 0.508 e. The Kier molecular flexibility index (Phi) is 13.3. The zero-order valence-electron chi connectivity index (χ0n) is 29.7. The van der Waals surface area contributed by atoms with Crippen LogP contribution in [0, 0.1) is 29.6 Å². The molecule has 2 aromatic carbocycles. The van der Waals surface area contributed by atoms with Crippen molar-refractivity contribution in [2.45, 2.75) is 25.7 Å². The molecule has 5 N–H and O–H groups in total. The number of hydrogen-bond donors (Lipinski definition) is 5. The molecule has 2 aromatic rings. The highest BCUT2D eigenvalue weighted by Crippen LogP contribution is 2.52. The molecule has 1 saturated carbocycles. The van der Waals surface area contributed by atoms with Crippen LogP contribution in [0.25, 0.3) is 33.4 Å². The first-order chi connectivity index (χ1) is 26.3. The van der Waals surface area contributed by atoms with E-state index in [9.17, 15) is 24.6 Å². The number of amides is 1. The second-order valence-corrected chi connectivity index (χ2v) is 13.5. The fraction of sp³-hybridized carbons (Fsp3) is 0.400. The Balaban J connectivity index is 0.846. The molecule has 1 unspecified atom stereocenters. The van der Waals surface area contributed by atoms with Gasteiger partial charge in [0, 0.05) is 60.3 Å². The molecule has 6 rings (SSSR count). The molecule has 4 aliphatic rings. The predicted molar refractivity (Wildman–Crippen MR) is 206 cm³/mol. The SMILES string of the molecule is O=C(NCCOCCOCCOCCNC(=S)Nc1ccc(-c2c3ccc(=O)cc-3oc3cc(O)ccc23)c(C(=O)O)c1)OCC1[C@H]2CCC#CCC[C@@H]12. The molecule has 0 bridgehead atoms. The van der Waals surface area contributed by atoms with E-state index in [0.29, 0.717) is 110 Å². The summed E-state index contributed by atoms with van der Waals surface area (Å²) in [4.78, 5) is 36.5. The van der Waals surface area contributed by atoms with Crippen molar-refractivity contribution in [2.24, 2.45) is 17.8 Å². The van der Waals surface area contributed by atoms with E-state index in [-0.39, 0.29) is 27.6 Å². The number of phenols is 1. The van der Waals surface area contributed by atoms with Crippen LogP contribution in [-0.4, -0.2) is 86.7 Å². The number of nitrogens with one attached hydrogen (secondary N) is 3. The number of rotatable bonds is 17. The van der Waals surface area contributed by atoms with E-state index in [1.807, 2.05) is 0 Å². The van der Waals surface area contributed by atoms with Crippen molar-refractivity contribution in [3.63, 3.8) is 0 Å². The molecule has 0 saturated heterocycles. The van der Waals surface area contributed by atoms with Gasteiger partial charge in [0.25, 0.3) is 0 Å². The lowest BCUT2D eigenvalue weighted by Crippen LogP contribution is -2.31. The lowest BCUT2D eigenvalue weighted by atomic mass is 9.90. The molecule has 1 heterocycles. The number of alkyl carbamates (subject to hydrolysis) is 1. The van der Waals surface area contributed by atoms with E-state index < -0.39 is 12.1 Å². The maximum Gasteiger partial charge on any atom is 0.407 e. The highest BCUT2D eigenvalue weighted by molar-refractivity contribution is 7.80. The van der Waals surface area contributed by atoms with Gasteiger partial charge in [0.15, 0.2) is 10.5 Å². The van der Waals surface area contributed by atoms with Crippen molar-refractivity contribution in [2.75, 3.05) is 64.7 Å². The second-order valence-electron chi connectivity index (χ2n) is 13.0. The first-order valence-electron chi connectivity index (χ1n) is 18.0. The average Bonchev–Trinajstić information content (AvgIpc) is 3.79. The summed E-state index contributed by atoms with van der Waals surface area (Å²) >= 11 is 5.41. The topological polar surface area (TPSA) is 178 Å². The lowest BCUT2D eigenvalue weighted by Gasteiger charge is -2.18. The van der Waals surface area contributed by atoms with Crippen LogP contribution < -0.4 is 21.4 Å². The van der Waals surface area contributed by atoms with Gasteiger partial charge in [0.05, 0.1) is 51.8 Å². The highest BCUT2D eigenvalue weighted by atomic mass is 32.1. The van der Waals surface area contributed by atoms with Gasteiger partial charge in [0.1, 0.15) is 17.1 Å². The summed E-state index contributed by atoms with van der Waals surface area (Å²) in [7, 11) is 0. The van der Waals surface area contributed by atoms with Crippen molar-refractivity contribution in [1.29, 1.82) is 0 Å². The zero-order valence-corrected chi connectivity index (χ0v) is 30.5. The van der Waals surface area contributed by atoms with E-state index in [4.69, 9.17) is 35.6 Å². The number of ether oxygens (including phenoxy) is 4. The maximum atomic E-state index is 12.5. The molecule has 1 fully saturated rings. The number of carboxylic acid groups (broad SMARTS) is 1. The van der Waals surface area contributed by atoms with Crippen molar-refractivity contribution >= 4 is 46.0 Å². The number of fused-ring (bicyclic) bond motifs is 3. The molecule has 284 valence electrons. The number of phenolic OH excluding ortho intramolecular Hbond substituents is 1. The molecule has 54 heavy (non-hydrogen) atoms. The van der Waals surface area contributed by atoms with Gasteiger partial charge in [-0.1, -0.05) is 6.07 Å². The summed E-state index contributed by atoms with van der Waals surface area (Å²) in [5, 5.41) is 29.9. The fourth-order valence-corrected chi connectivity index (χ4v) is 7.07. The van der Waals surface area contributed by atoms with Gasteiger partial charge in [-0.3, -0.25) is 4.79 Å². The average molecular weight is 758 g/mol. The second kappa shape index (κ2) is 18.7. The number of carbonyl (C=O) groups is 2. The van der Waals surface area contributed by atoms with Gasteiger partial charge in [-0.2, -0.15) is 0 Å². The number of anilines is 1. The molecule has 14 heteroatoms. The summed E-state index contributed by atoms with van der Waals surface area (Å²) in [6.07, 6.45) is 3.67. The molecule has 3 atom stereocenters. The molecular weight excluding hydrogens is 715 g/mol. The van der Waals surface area contributed by atoms with Gasteiger partial charge < -0.3 is 49.5 Å². The van der Waals surface area contributed by atoms with E-state index in [1.165, 1.54) is 30.3 Å². The number of aromatic carboxylic acids is 1. The van der Waals surface area contributed by atoms with Crippen molar-refractivity contribution in [3.05, 3.63) is 70.4 Å². The minimum absolute atomic E-state index is 0.00402. The quantitative estimate of drug-likeness (QED) is 0.0397. The normalized spacial score (nSPS) is 17.4. The molecule has 1 amide bonds. The number of benzene rings is 3. The molecule has 3 aliphatic carbocycles. The number of aromatic hydroxyl groups is 1. The molecular formula is C40H43N3O10S. The van der Waals surface area contributed by atoms with Crippen LogP contribution in [-0.2, 0) is 18.9 Å². The molecule has 0 spiro atoms. The lowest BCUT2D eigenvalue weighted by molar-refractivity contribution is 0.0160. The predicted octanol–water partition coefficient (Wildman–Crippen LogP) is 5.47. The number of thiocarbonyl (C=S) groups is 1. The molecule has 0 radical (unpaired) electrons. The molecule has 1 aliphatic heterocycles. The first kappa shape index (κ1) is 38.5. The summed E-state index contributed by atoms with van der Waals surface area (Å²) < 4.78 is 27.9. The third kappa shape index (κ3) is 10.3. The van der Waals surface area contributed by atoms with Gasteiger partial charge in [-0.25, -0.2) is 9.59 Å². The van der Waals surface area contributed by atoms with Crippen molar-refractivity contribution < 1.29 is 43.2 Å². The van der Waals surface area contributed by atoms with Crippen LogP contribution in [0.2, 0.25) is 0 Å². The Bertz CT molecular complexity index is 2040. The highest BCUT2D eigenvalue weighted by Gasteiger charge is 2.49. The number of hydrogen-bond acceptors (Lipinski definition) is 10. The monoisotopic (exact) mass is 757 g/mol. The third-order valence-electron chi connectivity index (χ3n) is 9.49. The fourth-order valence-electron chi connectivity index (χ4n) is 6.85. The van der Waals surface area contributed by atoms with E-state index in [1.54, 1.807) is 24.3 Å². The Morgan fingerprint density at radius 1 is 0.833 bits per heavy atom. The summed E-state index contributed by atoms with van der Waals surface area (Å²) in [6.45, 7) is 3.49. The van der Waals surface area contributed by atoms with Crippen LogP contribution in [0.4, 0.5) is 10.5 Å². The van der Waals surface area contributed by atoms with E-state index >= 15 is 0 Å². The summed E-state index contributed by atoms with van der Waals surface area (Å²) in [5.41, 5.74) is 2.02. The smallest absolute Gasteiger partial charge is 0.407 e. The van der Waals surface area contributed by atoms with Crippen LogP contribution in [0.3, 0.4) is 0 Å². The Morgan fingerprint density at radius 2 is 1.50 bits per heavy atom. The first-order valence-corrected chi connectivity index (χ1v) is 18.4. The number of carbonyl (C=O) groups excluding carboxylic acids is 1. The third-order valence-corrected chi connectivity index (χ3v) is 9.74. The van der Waals surface area contributed by atoms with Gasteiger partial charge >= 0.3 is 12.1 Å². The van der Waals surface area contributed by atoms with Crippen LogP contribution >= 0.6 is 12.2 Å². The van der Waals surface area contributed by atoms with Gasteiger partial charge in [-0.15, -0.1) is 11.8 Å². The van der Waals surface area contributed by atoms with Crippen LogP contribution in [0.5, 0.6) is 5.75 Å². The summed E-state index contributed by atoms with van der Waals surface area (Å²) in [6, 6.07) is 13.7. The van der Waals surface area contributed by atoms with Gasteiger partial charge in [0.2, 0.25) is 0 Å². The van der Waals surface area contributed by atoms with Crippen molar-refractivity contribution in [1.82, 2.24) is 10.6 Å². The minimum Gasteiger partial charge on any atom is -0.508 e. The summed E-state index contributed by atoms with van der Waals surface area (Å²) in [5.74, 6) is 7.22. The van der Waals surface area contributed by atoms with Crippen LogP contribution in [0.15, 0.2) is 63.8 Å². The Labute approximate surface area is 317 Å². The Hall–Kier alpha value is -5.20. The number of carboxylic acids is 1.